The van der Waals surface area contributed by atoms with Crippen molar-refractivity contribution in [3.05, 3.63) is 41.3 Å². The van der Waals surface area contributed by atoms with Gasteiger partial charge in [-0.2, -0.15) is 0 Å². The fourth-order valence-electron chi connectivity index (χ4n) is 2.21. The van der Waals surface area contributed by atoms with E-state index in [0.717, 1.165) is 24.1 Å². The number of aromatic nitrogens is 3. The topological polar surface area (TPSA) is 56.7 Å². The van der Waals surface area contributed by atoms with Gasteiger partial charge in [0.1, 0.15) is 5.82 Å². The Kier molecular flexibility index (Phi) is 1.92. The van der Waals surface area contributed by atoms with Crippen LogP contribution >= 0.6 is 0 Å². The highest BCUT2D eigenvalue weighted by molar-refractivity contribution is 5.37. The van der Waals surface area contributed by atoms with Crippen molar-refractivity contribution < 1.29 is 4.39 Å². The molecule has 2 heterocycles. The third-order valence-corrected chi connectivity index (χ3v) is 3.03. The van der Waals surface area contributed by atoms with Gasteiger partial charge in [0.15, 0.2) is 5.82 Å². The van der Waals surface area contributed by atoms with E-state index in [1.54, 1.807) is 12.1 Å². The van der Waals surface area contributed by atoms with Crippen LogP contribution in [-0.4, -0.2) is 15.0 Å². The molecule has 0 aliphatic carbocycles. The minimum Gasteiger partial charge on any atom is -0.381 e. The van der Waals surface area contributed by atoms with E-state index in [4.69, 9.17) is 5.73 Å². The van der Waals surface area contributed by atoms with Crippen LogP contribution in [0.2, 0.25) is 0 Å². The van der Waals surface area contributed by atoms with Crippen molar-refractivity contribution in [2.24, 2.45) is 0 Å². The van der Waals surface area contributed by atoms with Gasteiger partial charge in [0, 0.05) is 0 Å². The van der Waals surface area contributed by atoms with Crippen molar-refractivity contribution in [3.8, 4) is 0 Å². The van der Waals surface area contributed by atoms with Gasteiger partial charge in [0.25, 0.3) is 0 Å². The van der Waals surface area contributed by atoms with Crippen LogP contribution in [0.5, 0.6) is 0 Å². The van der Waals surface area contributed by atoms with Crippen LogP contribution in [0.1, 0.15) is 23.7 Å². The van der Waals surface area contributed by atoms with Gasteiger partial charge < -0.3 is 5.73 Å². The van der Waals surface area contributed by atoms with Gasteiger partial charge in [0.2, 0.25) is 0 Å². The number of nitrogens with two attached hydrogens (primary N) is 1. The molecule has 0 amide bonds. The van der Waals surface area contributed by atoms with Crippen LogP contribution in [0, 0.1) is 5.82 Å². The Morgan fingerprint density at radius 3 is 2.81 bits per heavy atom. The molecule has 82 valence electrons. The molecular weight excluding hydrogens is 207 g/mol. The average molecular weight is 218 g/mol. The molecule has 4 nitrogen and oxygen atoms in total. The molecule has 16 heavy (non-hydrogen) atoms. The summed E-state index contributed by atoms with van der Waals surface area (Å²) in [5.74, 6) is 0.282. The lowest BCUT2D eigenvalue weighted by Crippen LogP contribution is -2.07. The van der Waals surface area contributed by atoms with Crippen molar-refractivity contribution in [1.29, 1.82) is 0 Å². The number of hydrogen-bond donors (Lipinski definition) is 1. The molecule has 1 aliphatic rings. The summed E-state index contributed by atoms with van der Waals surface area (Å²) in [7, 11) is 0. The summed E-state index contributed by atoms with van der Waals surface area (Å²) < 4.78 is 14.7. The standard InChI is InChI=1S/C11H11FN4/c12-8-3-1-7(2-4-8)9-5-6-10-11(13)14-15-16(9)10/h1-4,9H,5-6,13H2. The SMILES string of the molecule is Nc1nnn2c1CCC2c1ccc(F)cc1. The highest BCUT2D eigenvalue weighted by Gasteiger charge is 2.27. The quantitative estimate of drug-likeness (QED) is 0.789. The first kappa shape index (κ1) is 9.33. The monoisotopic (exact) mass is 218 g/mol. The minimum absolute atomic E-state index is 0.139. The Balaban J connectivity index is 2.01. The second-order valence-electron chi connectivity index (χ2n) is 3.97. The number of fused-ring (bicyclic) bond motifs is 1. The lowest BCUT2D eigenvalue weighted by molar-refractivity contribution is 0.532. The first-order valence-corrected chi connectivity index (χ1v) is 5.20. The lowest BCUT2D eigenvalue weighted by Gasteiger charge is -2.10. The van der Waals surface area contributed by atoms with E-state index < -0.39 is 0 Å². The number of nitrogens with zero attached hydrogens (tertiary/aromatic N) is 3. The summed E-state index contributed by atoms with van der Waals surface area (Å²) in [5, 5.41) is 7.87. The van der Waals surface area contributed by atoms with Crippen LogP contribution < -0.4 is 5.73 Å². The van der Waals surface area contributed by atoms with Crippen LogP contribution in [0.4, 0.5) is 10.2 Å². The molecule has 0 fully saturated rings. The second kappa shape index (κ2) is 3.30. The van der Waals surface area contributed by atoms with Crippen LogP contribution in [0.15, 0.2) is 24.3 Å². The molecule has 2 N–H and O–H groups in total. The summed E-state index contributed by atoms with van der Waals surface area (Å²) in [6.45, 7) is 0. The maximum absolute atomic E-state index is 12.8. The molecule has 1 aliphatic heterocycles. The molecule has 3 rings (SSSR count). The summed E-state index contributed by atoms with van der Waals surface area (Å²) in [4.78, 5) is 0. The molecule has 0 radical (unpaired) electrons. The molecule has 2 aromatic rings. The first-order valence-electron chi connectivity index (χ1n) is 5.20. The second-order valence-corrected chi connectivity index (χ2v) is 3.97. The van der Waals surface area contributed by atoms with Gasteiger partial charge in [-0.3, -0.25) is 0 Å². The van der Waals surface area contributed by atoms with Gasteiger partial charge in [-0.25, -0.2) is 9.07 Å². The summed E-state index contributed by atoms with van der Waals surface area (Å²) in [6, 6.07) is 6.64. The molecule has 5 heteroatoms. The fraction of sp³-hybridized carbons (Fsp3) is 0.273. The third kappa shape index (κ3) is 1.28. The van der Waals surface area contributed by atoms with E-state index in [-0.39, 0.29) is 11.9 Å². The number of anilines is 1. The summed E-state index contributed by atoms with van der Waals surface area (Å²) >= 11 is 0. The molecule has 0 saturated heterocycles. The Hall–Kier alpha value is -1.91. The Labute approximate surface area is 91.9 Å². The number of halogens is 1. The van der Waals surface area contributed by atoms with Crippen LogP contribution in [-0.2, 0) is 6.42 Å². The van der Waals surface area contributed by atoms with E-state index >= 15 is 0 Å². The van der Waals surface area contributed by atoms with Gasteiger partial charge >= 0.3 is 0 Å². The van der Waals surface area contributed by atoms with Gasteiger partial charge in [-0.05, 0) is 30.5 Å². The predicted molar refractivity (Wildman–Crippen MR) is 57.3 cm³/mol. The highest BCUT2D eigenvalue weighted by Crippen LogP contribution is 2.32. The molecule has 1 aromatic heterocycles. The van der Waals surface area contributed by atoms with Crippen molar-refractivity contribution in [2.75, 3.05) is 5.73 Å². The highest BCUT2D eigenvalue weighted by atomic mass is 19.1. The number of benzene rings is 1. The molecule has 1 atom stereocenters. The molecule has 1 unspecified atom stereocenters. The number of nitrogen functional groups attached to an aromatic ring is 1. The Morgan fingerprint density at radius 2 is 2.06 bits per heavy atom. The van der Waals surface area contributed by atoms with Crippen molar-refractivity contribution in [1.82, 2.24) is 15.0 Å². The molecular formula is C11H11FN4. The van der Waals surface area contributed by atoms with E-state index in [9.17, 15) is 4.39 Å². The largest absolute Gasteiger partial charge is 0.381 e. The van der Waals surface area contributed by atoms with Crippen molar-refractivity contribution >= 4 is 5.82 Å². The number of rotatable bonds is 1. The number of hydrogen-bond acceptors (Lipinski definition) is 3. The molecule has 1 aromatic carbocycles. The Bertz CT molecular complexity index is 517. The van der Waals surface area contributed by atoms with Gasteiger partial charge in [0.05, 0.1) is 11.7 Å². The summed E-state index contributed by atoms with van der Waals surface area (Å²) in [6.07, 6.45) is 1.82. The normalized spacial score (nSPS) is 18.7. The Morgan fingerprint density at radius 1 is 1.31 bits per heavy atom. The van der Waals surface area contributed by atoms with E-state index in [0.29, 0.717) is 5.82 Å². The van der Waals surface area contributed by atoms with Crippen LogP contribution in [0.25, 0.3) is 0 Å². The maximum Gasteiger partial charge on any atom is 0.169 e. The fourth-order valence-corrected chi connectivity index (χ4v) is 2.21. The zero-order chi connectivity index (χ0) is 11.1. The first-order chi connectivity index (χ1) is 7.75. The zero-order valence-electron chi connectivity index (χ0n) is 8.60. The van der Waals surface area contributed by atoms with Crippen molar-refractivity contribution in [2.45, 2.75) is 18.9 Å². The predicted octanol–water partition coefficient (Wildman–Crippen LogP) is 1.53. The van der Waals surface area contributed by atoms with E-state index in [1.165, 1.54) is 12.1 Å². The van der Waals surface area contributed by atoms with E-state index in [2.05, 4.69) is 10.3 Å². The zero-order valence-corrected chi connectivity index (χ0v) is 8.60. The van der Waals surface area contributed by atoms with Gasteiger partial charge in [-0.15, -0.1) is 5.10 Å². The smallest absolute Gasteiger partial charge is 0.169 e. The van der Waals surface area contributed by atoms with E-state index in [1.807, 2.05) is 4.68 Å². The molecule has 0 spiro atoms. The lowest BCUT2D eigenvalue weighted by atomic mass is 10.1. The maximum atomic E-state index is 12.8. The van der Waals surface area contributed by atoms with Crippen molar-refractivity contribution in [3.63, 3.8) is 0 Å². The van der Waals surface area contributed by atoms with Gasteiger partial charge in [-0.1, -0.05) is 17.3 Å². The molecule has 0 bridgehead atoms. The molecule has 0 saturated carbocycles. The third-order valence-electron chi connectivity index (χ3n) is 3.03. The van der Waals surface area contributed by atoms with Crippen LogP contribution in [0.3, 0.4) is 0 Å². The summed E-state index contributed by atoms with van der Waals surface area (Å²) in [5.41, 5.74) is 7.73. The minimum atomic E-state index is -0.222. The average Bonchev–Trinajstić information content (AvgIpc) is 2.84.